The lowest BCUT2D eigenvalue weighted by atomic mass is 9.95. The number of nitrogens with zero attached hydrogens (tertiary/aromatic N) is 1. The fraction of sp³-hybridized carbons (Fsp3) is 0.636. The van der Waals surface area contributed by atoms with Gasteiger partial charge in [0.05, 0.1) is 0 Å². The molecule has 0 amide bonds. The van der Waals surface area contributed by atoms with Gasteiger partial charge in [0.2, 0.25) is 10.0 Å². The topological polar surface area (TPSA) is 63.4 Å². The number of rotatable bonds is 4. The summed E-state index contributed by atoms with van der Waals surface area (Å²) in [5, 5.41) is 3.49. The lowest BCUT2D eigenvalue weighted by Gasteiger charge is -2.30. The Balaban J connectivity index is 2.08. The highest BCUT2D eigenvalue weighted by Crippen LogP contribution is 2.31. The van der Waals surface area contributed by atoms with Crippen LogP contribution in [0.4, 0.5) is 0 Å². The number of piperidine rings is 1. The van der Waals surface area contributed by atoms with Crippen molar-refractivity contribution in [3.05, 3.63) is 15.2 Å². The Morgan fingerprint density at radius 3 is 2.56 bits per heavy atom. The molecule has 2 heterocycles. The van der Waals surface area contributed by atoms with Crippen molar-refractivity contribution in [2.75, 3.05) is 19.6 Å². The van der Waals surface area contributed by atoms with E-state index in [1.165, 1.54) is 11.3 Å². The maximum Gasteiger partial charge on any atom is 0.245 e. The Labute approximate surface area is 120 Å². The SMILES string of the molecule is NCCC1CCN(S(=O)(=O)c2cscc2Br)CC1. The highest BCUT2D eigenvalue weighted by molar-refractivity contribution is 9.10. The van der Waals surface area contributed by atoms with Crippen molar-refractivity contribution < 1.29 is 8.42 Å². The zero-order chi connectivity index (χ0) is 13.2. The molecule has 18 heavy (non-hydrogen) atoms. The minimum absolute atomic E-state index is 0.393. The van der Waals surface area contributed by atoms with E-state index in [0.717, 1.165) is 19.3 Å². The summed E-state index contributed by atoms with van der Waals surface area (Å²) in [6.45, 7) is 1.90. The van der Waals surface area contributed by atoms with Gasteiger partial charge in [0.15, 0.2) is 0 Å². The fourth-order valence-electron chi connectivity index (χ4n) is 2.27. The third-order valence-corrected chi connectivity index (χ3v) is 7.40. The van der Waals surface area contributed by atoms with E-state index in [1.54, 1.807) is 15.1 Å². The lowest BCUT2D eigenvalue weighted by Crippen LogP contribution is -2.38. The van der Waals surface area contributed by atoms with Crippen LogP contribution in [0.15, 0.2) is 20.1 Å². The predicted octanol–water partition coefficient (Wildman–Crippen LogP) is 2.26. The second kappa shape index (κ2) is 6.00. The molecule has 102 valence electrons. The van der Waals surface area contributed by atoms with Crippen LogP contribution in [0.25, 0.3) is 0 Å². The average Bonchev–Trinajstić information content (AvgIpc) is 2.77. The van der Waals surface area contributed by atoms with Crippen molar-refractivity contribution in [2.45, 2.75) is 24.2 Å². The Kier molecular flexibility index (Phi) is 4.82. The number of halogens is 1. The Hall–Kier alpha value is 0.0500. The van der Waals surface area contributed by atoms with Crippen LogP contribution in [-0.4, -0.2) is 32.4 Å². The van der Waals surface area contributed by atoms with Gasteiger partial charge in [-0.25, -0.2) is 8.42 Å². The Bertz CT molecular complexity index is 493. The molecule has 7 heteroatoms. The summed E-state index contributed by atoms with van der Waals surface area (Å²) in [5.74, 6) is 0.576. The predicted molar refractivity (Wildman–Crippen MR) is 77.2 cm³/mol. The number of sulfonamides is 1. The smallest absolute Gasteiger partial charge is 0.245 e. The van der Waals surface area contributed by atoms with Gasteiger partial charge >= 0.3 is 0 Å². The first-order valence-electron chi connectivity index (χ1n) is 5.97. The van der Waals surface area contributed by atoms with Crippen LogP contribution in [0, 0.1) is 5.92 Å². The Morgan fingerprint density at radius 1 is 1.39 bits per heavy atom. The summed E-state index contributed by atoms with van der Waals surface area (Å²) < 4.78 is 27.1. The molecule has 1 saturated heterocycles. The monoisotopic (exact) mass is 352 g/mol. The molecular formula is C11H17BrN2O2S2. The van der Waals surface area contributed by atoms with Gasteiger partial charge in [-0.3, -0.25) is 0 Å². The molecule has 1 aliphatic rings. The molecule has 0 bridgehead atoms. The van der Waals surface area contributed by atoms with Crippen LogP contribution in [-0.2, 0) is 10.0 Å². The van der Waals surface area contributed by atoms with Gasteiger partial charge in [0, 0.05) is 28.3 Å². The van der Waals surface area contributed by atoms with Crippen LogP contribution >= 0.6 is 27.3 Å². The zero-order valence-corrected chi connectivity index (χ0v) is 13.2. The van der Waals surface area contributed by atoms with Crippen molar-refractivity contribution in [1.82, 2.24) is 4.31 Å². The fourth-order valence-corrected chi connectivity index (χ4v) is 6.04. The molecule has 0 saturated carbocycles. The van der Waals surface area contributed by atoms with Crippen molar-refractivity contribution in [2.24, 2.45) is 11.7 Å². The van der Waals surface area contributed by atoms with Crippen LogP contribution < -0.4 is 5.73 Å². The van der Waals surface area contributed by atoms with Gasteiger partial charge in [-0.1, -0.05) is 0 Å². The molecule has 0 aliphatic carbocycles. The Morgan fingerprint density at radius 2 is 2.06 bits per heavy atom. The molecular weight excluding hydrogens is 336 g/mol. The number of hydrogen-bond acceptors (Lipinski definition) is 4. The molecule has 1 aromatic heterocycles. The van der Waals surface area contributed by atoms with Gasteiger partial charge in [-0.15, -0.1) is 11.3 Å². The van der Waals surface area contributed by atoms with Gasteiger partial charge in [-0.05, 0) is 47.7 Å². The summed E-state index contributed by atoms with van der Waals surface area (Å²) in [4.78, 5) is 0.393. The molecule has 0 radical (unpaired) electrons. The quantitative estimate of drug-likeness (QED) is 0.903. The summed E-state index contributed by atoms with van der Waals surface area (Å²) in [6.07, 6.45) is 2.83. The minimum atomic E-state index is -3.32. The second-order valence-corrected chi connectivity index (χ2v) is 8.01. The summed E-state index contributed by atoms with van der Waals surface area (Å²) in [6, 6.07) is 0. The largest absolute Gasteiger partial charge is 0.330 e. The van der Waals surface area contributed by atoms with E-state index in [0.29, 0.717) is 34.9 Å². The first-order chi connectivity index (χ1) is 8.55. The van der Waals surface area contributed by atoms with Crippen LogP contribution in [0.3, 0.4) is 0 Å². The van der Waals surface area contributed by atoms with Gasteiger partial charge in [0.25, 0.3) is 0 Å². The molecule has 1 aliphatic heterocycles. The van der Waals surface area contributed by atoms with Crippen LogP contribution in [0.5, 0.6) is 0 Å². The number of hydrogen-bond donors (Lipinski definition) is 1. The average molecular weight is 353 g/mol. The van der Waals surface area contributed by atoms with E-state index in [4.69, 9.17) is 5.73 Å². The molecule has 1 fully saturated rings. The molecule has 0 unspecified atom stereocenters. The highest BCUT2D eigenvalue weighted by atomic mass is 79.9. The third kappa shape index (κ3) is 2.96. The third-order valence-electron chi connectivity index (χ3n) is 3.35. The van der Waals surface area contributed by atoms with Gasteiger partial charge in [-0.2, -0.15) is 4.31 Å². The van der Waals surface area contributed by atoms with Gasteiger partial charge in [0.1, 0.15) is 4.90 Å². The summed E-state index contributed by atoms with van der Waals surface area (Å²) in [7, 11) is -3.32. The molecule has 2 rings (SSSR count). The summed E-state index contributed by atoms with van der Waals surface area (Å²) in [5.41, 5.74) is 5.54. The normalized spacial score (nSPS) is 19.2. The maximum atomic E-state index is 12.4. The summed E-state index contributed by atoms with van der Waals surface area (Å²) >= 11 is 4.69. The van der Waals surface area contributed by atoms with E-state index in [9.17, 15) is 8.42 Å². The number of nitrogens with two attached hydrogens (primary N) is 1. The highest BCUT2D eigenvalue weighted by Gasteiger charge is 2.30. The van der Waals surface area contributed by atoms with Crippen molar-refractivity contribution in [3.63, 3.8) is 0 Å². The van der Waals surface area contributed by atoms with Crippen molar-refractivity contribution >= 4 is 37.3 Å². The van der Waals surface area contributed by atoms with E-state index >= 15 is 0 Å². The molecule has 0 aromatic carbocycles. The minimum Gasteiger partial charge on any atom is -0.330 e. The van der Waals surface area contributed by atoms with E-state index in [2.05, 4.69) is 15.9 Å². The standard InChI is InChI=1S/C11H17BrN2O2S2/c12-10-7-17-8-11(10)18(15,16)14-5-2-9(1-4-13)3-6-14/h7-9H,1-6,13H2. The van der Waals surface area contributed by atoms with E-state index in [-0.39, 0.29) is 0 Å². The maximum absolute atomic E-state index is 12.4. The van der Waals surface area contributed by atoms with Crippen LogP contribution in [0.1, 0.15) is 19.3 Å². The van der Waals surface area contributed by atoms with E-state index < -0.39 is 10.0 Å². The van der Waals surface area contributed by atoms with Crippen LogP contribution in [0.2, 0.25) is 0 Å². The lowest BCUT2D eigenvalue weighted by molar-refractivity contribution is 0.266. The second-order valence-electron chi connectivity index (χ2n) is 4.51. The first kappa shape index (κ1) is 14.5. The first-order valence-corrected chi connectivity index (χ1v) is 9.15. The van der Waals surface area contributed by atoms with Crippen molar-refractivity contribution in [3.8, 4) is 0 Å². The van der Waals surface area contributed by atoms with Gasteiger partial charge < -0.3 is 5.73 Å². The molecule has 0 atom stereocenters. The molecule has 2 N–H and O–H groups in total. The van der Waals surface area contributed by atoms with Crippen molar-refractivity contribution in [1.29, 1.82) is 0 Å². The van der Waals surface area contributed by atoms with E-state index in [1.807, 2.05) is 0 Å². The molecule has 0 spiro atoms. The number of thiophene rings is 1. The molecule has 4 nitrogen and oxygen atoms in total. The zero-order valence-electron chi connectivity index (χ0n) is 10.0. The molecule has 1 aromatic rings.